The zero-order chi connectivity index (χ0) is 15.3. The van der Waals surface area contributed by atoms with Crippen LogP contribution in [0.25, 0.3) is 0 Å². The number of hydrogen-bond donors (Lipinski definition) is 1. The van der Waals surface area contributed by atoms with Crippen LogP contribution in [0, 0.1) is 0 Å². The Hall–Kier alpha value is -1.24. The maximum Gasteiger partial charge on any atom is 0.313 e. The topological polar surface area (TPSA) is 71.2 Å². The molecule has 1 heterocycles. The first-order valence-corrected chi connectivity index (χ1v) is 7.96. The summed E-state index contributed by atoms with van der Waals surface area (Å²) in [6.07, 6.45) is 1.02. The summed E-state index contributed by atoms with van der Waals surface area (Å²) in [6, 6.07) is 0.563. The molecule has 20 heavy (non-hydrogen) atoms. The molecule has 0 aliphatic carbocycles. The minimum Gasteiger partial charge on any atom is -0.481 e. The molecule has 1 atom stereocenters. The Balaban J connectivity index is 3.10. The largest absolute Gasteiger partial charge is 0.481 e. The summed E-state index contributed by atoms with van der Waals surface area (Å²) >= 11 is 1.21. The first-order valence-electron chi connectivity index (χ1n) is 6.98. The van der Waals surface area contributed by atoms with E-state index < -0.39 is 5.97 Å². The molecule has 0 aliphatic heterocycles. The van der Waals surface area contributed by atoms with Gasteiger partial charge in [-0.05, 0) is 34.1 Å². The molecule has 0 fully saturated rings. The van der Waals surface area contributed by atoms with Crippen molar-refractivity contribution in [3.8, 4) is 0 Å². The van der Waals surface area contributed by atoms with Gasteiger partial charge in [0.05, 0.1) is 5.75 Å². The maximum absolute atomic E-state index is 10.7. The molecular formula is C13H24N4O2S. The number of carboxylic acids is 1. The summed E-state index contributed by atoms with van der Waals surface area (Å²) in [4.78, 5) is 12.9. The quantitative estimate of drug-likeness (QED) is 0.744. The zero-order valence-electron chi connectivity index (χ0n) is 12.8. The fraction of sp³-hybridized carbons (Fsp3) is 0.769. The Labute approximate surface area is 124 Å². The molecule has 114 valence electrons. The van der Waals surface area contributed by atoms with Gasteiger partial charge in [0.2, 0.25) is 5.95 Å². The zero-order valence-corrected chi connectivity index (χ0v) is 13.6. The number of aliphatic carboxylic acids is 1. The van der Waals surface area contributed by atoms with Crippen molar-refractivity contribution >= 4 is 23.7 Å². The van der Waals surface area contributed by atoms with E-state index in [0.29, 0.717) is 11.2 Å². The molecule has 0 radical (unpaired) electrons. The van der Waals surface area contributed by atoms with E-state index in [1.165, 1.54) is 11.8 Å². The lowest BCUT2D eigenvalue weighted by Crippen LogP contribution is -2.35. The lowest BCUT2D eigenvalue weighted by molar-refractivity contribution is -0.133. The predicted molar refractivity (Wildman–Crippen MR) is 81.5 cm³/mol. The summed E-state index contributed by atoms with van der Waals surface area (Å²) in [7, 11) is 0. The Morgan fingerprint density at radius 2 is 2.00 bits per heavy atom. The van der Waals surface area contributed by atoms with E-state index >= 15 is 0 Å². The van der Waals surface area contributed by atoms with Gasteiger partial charge in [-0.1, -0.05) is 18.7 Å². The van der Waals surface area contributed by atoms with Crippen molar-refractivity contribution in [2.24, 2.45) is 0 Å². The fourth-order valence-corrected chi connectivity index (χ4v) is 2.80. The highest BCUT2D eigenvalue weighted by Gasteiger charge is 2.22. The molecule has 0 bridgehead atoms. The Morgan fingerprint density at radius 3 is 2.45 bits per heavy atom. The number of hydrogen-bond acceptors (Lipinski definition) is 5. The molecule has 0 aromatic carbocycles. The molecule has 1 N–H and O–H groups in total. The standard InChI is InChI=1S/C13H24N4O2S/c1-6-10(5)16(7-2)12-14-15-13(17(12)9(3)4)20-8-11(18)19/h9-10H,6-8H2,1-5H3,(H,18,19). The molecular weight excluding hydrogens is 276 g/mol. The molecule has 0 spiro atoms. The van der Waals surface area contributed by atoms with Crippen LogP contribution in [-0.4, -0.2) is 44.2 Å². The van der Waals surface area contributed by atoms with Crippen LogP contribution >= 0.6 is 11.8 Å². The lowest BCUT2D eigenvalue weighted by atomic mass is 10.2. The number of carboxylic acid groups (broad SMARTS) is 1. The number of anilines is 1. The van der Waals surface area contributed by atoms with Crippen molar-refractivity contribution in [2.45, 2.75) is 58.3 Å². The minimum absolute atomic E-state index is 0.000307. The highest BCUT2D eigenvalue weighted by molar-refractivity contribution is 7.99. The molecule has 1 aromatic rings. The third-order valence-corrected chi connectivity index (χ3v) is 4.14. The Morgan fingerprint density at radius 1 is 1.35 bits per heavy atom. The summed E-state index contributed by atoms with van der Waals surface area (Å²) in [6.45, 7) is 11.4. The second-order valence-corrected chi connectivity index (χ2v) is 5.91. The Kier molecular flexibility index (Phi) is 6.32. The second-order valence-electron chi connectivity index (χ2n) is 4.97. The van der Waals surface area contributed by atoms with Gasteiger partial charge in [0.1, 0.15) is 0 Å². The van der Waals surface area contributed by atoms with Gasteiger partial charge < -0.3 is 10.0 Å². The van der Waals surface area contributed by atoms with Gasteiger partial charge in [0, 0.05) is 18.6 Å². The van der Waals surface area contributed by atoms with E-state index in [9.17, 15) is 4.79 Å². The third-order valence-electron chi connectivity index (χ3n) is 3.21. The van der Waals surface area contributed by atoms with Crippen LogP contribution in [0.2, 0.25) is 0 Å². The maximum atomic E-state index is 10.7. The predicted octanol–water partition coefficient (Wildman–Crippen LogP) is 2.66. The number of rotatable bonds is 8. The van der Waals surface area contributed by atoms with Crippen molar-refractivity contribution in [1.82, 2.24) is 14.8 Å². The van der Waals surface area contributed by atoms with Crippen molar-refractivity contribution in [1.29, 1.82) is 0 Å². The monoisotopic (exact) mass is 300 g/mol. The van der Waals surface area contributed by atoms with E-state index in [-0.39, 0.29) is 11.8 Å². The fourth-order valence-electron chi connectivity index (χ4n) is 2.01. The van der Waals surface area contributed by atoms with Crippen LogP contribution in [0.15, 0.2) is 5.16 Å². The molecule has 1 aromatic heterocycles. The van der Waals surface area contributed by atoms with Gasteiger partial charge in [-0.15, -0.1) is 10.2 Å². The van der Waals surface area contributed by atoms with Crippen LogP contribution in [0.4, 0.5) is 5.95 Å². The molecule has 0 saturated carbocycles. The van der Waals surface area contributed by atoms with Crippen molar-refractivity contribution in [3.63, 3.8) is 0 Å². The van der Waals surface area contributed by atoms with E-state index in [1.54, 1.807) is 0 Å². The summed E-state index contributed by atoms with van der Waals surface area (Å²) in [5.74, 6) is -0.0193. The van der Waals surface area contributed by atoms with Crippen LogP contribution in [-0.2, 0) is 4.79 Å². The van der Waals surface area contributed by atoms with Crippen LogP contribution < -0.4 is 4.90 Å². The highest BCUT2D eigenvalue weighted by atomic mass is 32.2. The van der Waals surface area contributed by atoms with Crippen LogP contribution in [0.3, 0.4) is 0 Å². The second kappa shape index (κ2) is 7.52. The number of aromatic nitrogens is 3. The SMILES string of the molecule is CCC(C)N(CC)c1nnc(SCC(=O)O)n1C(C)C. The van der Waals surface area contributed by atoms with Gasteiger partial charge in [-0.3, -0.25) is 9.36 Å². The van der Waals surface area contributed by atoms with E-state index in [4.69, 9.17) is 5.11 Å². The normalized spacial score (nSPS) is 12.7. The molecule has 1 unspecified atom stereocenters. The number of nitrogens with zero attached hydrogens (tertiary/aromatic N) is 4. The number of thioether (sulfide) groups is 1. The van der Waals surface area contributed by atoms with Gasteiger partial charge in [0.15, 0.2) is 5.16 Å². The molecule has 0 amide bonds. The minimum atomic E-state index is -0.843. The molecule has 7 heteroatoms. The summed E-state index contributed by atoms with van der Waals surface area (Å²) in [5, 5.41) is 17.9. The smallest absolute Gasteiger partial charge is 0.313 e. The van der Waals surface area contributed by atoms with E-state index in [0.717, 1.165) is 18.9 Å². The van der Waals surface area contributed by atoms with Crippen LogP contribution in [0.5, 0.6) is 0 Å². The number of carbonyl (C=O) groups is 1. The van der Waals surface area contributed by atoms with Crippen molar-refractivity contribution < 1.29 is 9.90 Å². The van der Waals surface area contributed by atoms with Gasteiger partial charge in [-0.25, -0.2) is 0 Å². The van der Waals surface area contributed by atoms with E-state index in [1.807, 2.05) is 4.57 Å². The first kappa shape index (κ1) is 16.8. The van der Waals surface area contributed by atoms with Gasteiger partial charge in [0.25, 0.3) is 0 Å². The average Bonchev–Trinajstić information content (AvgIpc) is 2.80. The summed E-state index contributed by atoms with van der Waals surface area (Å²) in [5.41, 5.74) is 0. The molecule has 6 nitrogen and oxygen atoms in total. The Bertz CT molecular complexity index is 448. The van der Waals surface area contributed by atoms with Crippen LogP contribution in [0.1, 0.15) is 47.1 Å². The molecule has 1 rings (SSSR count). The lowest BCUT2D eigenvalue weighted by Gasteiger charge is -2.29. The van der Waals surface area contributed by atoms with Crippen molar-refractivity contribution in [3.05, 3.63) is 0 Å². The molecule has 0 aliphatic rings. The third kappa shape index (κ3) is 3.88. The first-order chi connectivity index (χ1) is 9.42. The highest BCUT2D eigenvalue weighted by Crippen LogP contribution is 2.27. The van der Waals surface area contributed by atoms with Gasteiger partial charge in [-0.2, -0.15) is 0 Å². The van der Waals surface area contributed by atoms with Gasteiger partial charge >= 0.3 is 5.97 Å². The summed E-state index contributed by atoms with van der Waals surface area (Å²) < 4.78 is 2.02. The molecule has 0 saturated heterocycles. The van der Waals surface area contributed by atoms with E-state index in [2.05, 4.69) is 49.7 Å². The average molecular weight is 300 g/mol. The van der Waals surface area contributed by atoms with Crippen molar-refractivity contribution in [2.75, 3.05) is 17.2 Å².